The average molecular weight is 637 g/mol. The van der Waals surface area contributed by atoms with Gasteiger partial charge in [0.2, 0.25) is 0 Å². The number of hydrogen-bond donors (Lipinski definition) is 1. The van der Waals surface area contributed by atoms with Crippen molar-refractivity contribution in [1.82, 2.24) is 20.4 Å². The number of nitrogens with one attached hydrogen (secondary N) is 1. The van der Waals surface area contributed by atoms with Crippen LogP contribution in [0.4, 0.5) is 0 Å². The summed E-state index contributed by atoms with van der Waals surface area (Å²) in [5, 5.41) is 26.4. The summed E-state index contributed by atoms with van der Waals surface area (Å²) in [5.41, 5.74) is 9.66. The average Bonchev–Trinajstić information content (AvgIpc) is 3.55. The van der Waals surface area contributed by atoms with Crippen molar-refractivity contribution in [2.75, 3.05) is 0 Å². The number of aromatic amines is 1. The third-order valence-electron chi connectivity index (χ3n) is 4.47. The summed E-state index contributed by atoms with van der Waals surface area (Å²) in [6.45, 7) is 3.81. The normalized spacial score (nSPS) is 11.2. The number of aryl methyl sites for hydroxylation is 2. The molecular formula is C26H25CoN8S4. The third-order valence-corrected chi connectivity index (χ3v) is 6.96. The first-order valence-corrected chi connectivity index (χ1v) is 14.2. The van der Waals surface area contributed by atoms with Crippen molar-refractivity contribution in [3.8, 4) is 0 Å². The molecule has 0 aliphatic heterocycles. The summed E-state index contributed by atoms with van der Waals surface area (Å²) in [5.74, 6) is 1.61. The summed E-state index contributed by atoms with van der Waals surface area (Å²) in [6, 6.07) is 24.0. The van der Waals surface area contributed by atoms with E-state index in [1.807, 2.05) is 62.4 Å². The van der Waals surface area contributed by atoms with Gasteiger partial charge in [-0.2, -0.15) is 15.3 Å². The van der Waals surface area contributed by atoms with E-state index in [0.29, 0.717) is 14.4 Å². The number of thiocarbonyl (C=S) groups is 1. The van der Waals surface area contributed by atoms with Gasteiger partial charge in [0, 0.05) is 22.9 Å². The van der Waals surface area contributed by atoms with E-state index in [1.54, 1.807) is 12.4 Å². The van der Waals surface area contributed by atoms with Crippen LogP contribution < -0.4 is 5.10 Å². The van der Waals surface area contributed by atoms with E-state index in [0.717, 1.165) is 28.6 Å². The van der Waals surface area contributed by atoms with Gasteiger partial charge in [0.15, 0.2) is 0 Å². The van der Waals surface area contributed by atoms with Crippen LogP contribution in [-0.4, -0.2) is 36.4 Å². The standard InChI is InChI=1S/C13H14N4S2.C13H13N4S2.Co/c2*1-10-7-12(16-15-10)8-14-17-13(18)19-9-11-5-3-2-4-6-11;/h2-8H,9H2,1H3,(H,15,16)(H,17,18);2-8H,9H2,1H3,(H-,14,15,16,17,18);/q;-1;+3/p-2/b14-8+;;. The van der Waals surface area contributed by atoms with Gasteiger partial charge in [-0.1, -0.05) is 78.9 Å². The first-order chi connectivity index (χ1) is 18.5. The molecule has 2 heterocycles. The van der Waals surface area contributed by atoms with E-state index in [-0.39, 0.29) is 16.8 Å². The number of thioether (sulfide) groups is 2. The second-order valence-corrected chi connectivity index (χ2v) is 10.9. The molecule has 4 rings (SSSR count). The smallest absolute Gasteiger partial charge is 0.752 e. The second kappa shape index (κ2) is 18.5. The molecular weight excluding hydrogens is 612 g/mol. The fraction of sp³-hybridized carbons (Fsp3) is 0.154. The maximum atomic E-state index is 5.13. The Morgan fingerprint density at radius 1 is 1.00 bits per heavy atom. The van der Waals surface area contributed by atoms with E-state index >= 15 is 0 Å². The molecule has 1 N–H and O–H groups in total. The maximum absolute atomic E-state index is 5.13. The molecule has 4 aromatic rings. The molecule has 8 nitrogen and oxygen atoms in total. The number of H-pyrrole nitrogens is 1. The van der Waals surface area contributed by atoms with Crippen LogP contribution in [0, 0.1) is 13.8 Å². The van der Waals surface area contributed by atoms with E-state index in [9.17, 15) is 0 Å². The van der Waals surface area contributed by atoms with Crippen LogP contribution in [-0.2, 0) is 40.9 Å². The molecule has 0 aliphatic carbocycles. The van der Waals surface area contributed by atoms with Crippen molar-refractivity contribution < 1.29 is 16.8 Å². The van der Waals surface area contributed by atoms with Crippen molar-refractivity contribution in [3.63, 3.8) is 0 Å². The van der Waals surface area contributed by atoms with Crippen molar-refractivity contribution in [1.29, 1.82) is 0 Å². The molecule has 39 heavy (non-hydrogen) atoms. The topological polar surface area (TPSA) is 107 Å². The zero-order valence-corrected chi connectivity index (χ0v) is 25.4. The number of aromatic nitrogens is 4. The molecule has 202 valence electrons. The van der Waals surface area contributed by atoms with Gasteiger partial charge < -0.3 is 33.4 Å². The zero-order chi connectivity index (χ0) is 27.0. The predicted molar refractivity (Wildman–Crippen MR) is 167 cm³/mol. The Kier molecular flexibility index (Phi) is 15.3. The van der Waals surface area contributed by atoms with Gasteiger partial charge in [-0.25, -0.2) is 0 Å². The molecule has 0 radical (unpaired) electrons. The van der Waals surface area contributed by atoms with E-state index in [4.69, 9.17) is 24.8 Å². The fourth-order valence-electron chi connectivity index (χ4n) is 2.74. The predicted octanol–water partition coefficient (Wildman–Crippen LogP) is 6.16. The molecule has 0 bridgehead atoms. The van der Waals surface area contributed by atoms with Gasteiger partial charge in [-0.3, -0.25) is 5.10 Å². The Morgan fingerprint density at radius 2 is 1.64 bits per heavy atom. The molecule has 0 amide bonds. The Morgan fingerprint density at radius 3 is 2.21 bits per heavy atom. The molecule has 0 fully saturated rings. The van der Waals surface area contributed by atoms with Gasteiger partial charge in [-0.15, -0.1) is 29.2 Å². The summed E-state index contributed by atoms with van der Waals surface area (Å²) in [6.07, 6.45) is 3.13. The Balaban J connectivity index is 0.000000267. The molecule has 2 aromatic heterocycles. The van der Waals surface area contributed by atoms with Crippen LogP contribution in [0.15, 0.2) is 88.1 Å². The summed E-state index contributed by atoms with van der Waals surface area (Å²) < 4.78 is 1.03. The number of benzene rings is 2. The van der Waals surface area contributed by atoms with Crippen LogP contribution in [0.1, 0.15) is 33.9 Å². The third kappa shape index (κ3) is 13.7. The minimum Gasteiger partial charge on any atom is -0.752 e. The van der Waals surface area contributed by atoms with E-state index in [2.05, 4.69) is 65.4 Å². The van der Waals surface area contributed by atoms with Crippen LogP contribution in [0.2, 0.25) is 0 Å². The maximum Gasteiger partial charge on any atom is 3.00 e. The number of nitrogens with zero attached hydrogens (tertiary/aromatic N) is 7. The number of rotatable bonds is 8. The molecule has 2 aromatic carbocycles. The SMILES string of the molecule is Cc1cc(/C=N/N=C([S-])SCc2ccccc2)n[nH]1.Cc1cc(C=N[N-]C(=S)SCc2ccccc2)[n-]n1.[Co+3]. The fourth-order valence-corrected chi connectivity index (χ4v) is 4.37. The molecule has 0 spiro atoms. The van der Waals surface area contributed by atoms with Crippen molar-refractivity contribution in [2.45, 2.75) is 25.4 Å². The Bertz CT molecular complexity index is 1350. The summed E-state index contributed by atoms with van der Waals surface area (Å²) in [7, 11) is 0. The van der Waals surface area contributed by atoms with Crippen LogP contribution in [0.5, 0.6) is 0 Å². The quantitative estimate of drug-likeness (QED) is 0.0812. The number of hydrogen-bond acceptors (Lipinski definition) is 9. The van der Waals surface area contributed by atoms with Crippen molar-refractivity contribution >= 4 is 69.5 Å². The molecule has 0 atom stereocenters. The van der Waals surface area contributed by atoms with Crippen molar-refractivity contribution in [3.05, 3.63) is 112 Å². The summed E-state index contributed by atoms with van der Waals surface area (Å²) >= 11 is 13.2. The van der Waals surface area contributed by atoms with Crippen LogP contribution in [0.25, 0.3) is 5.43 Å². The minimum absolute atomic E-state index is 0. The van der Waals surface area contributed by atoms with E-state index in [1.165, 1.54) is 34.7 Å². The summed E-state index contributed by atoms with van der Waals surface area (Å²) in [4.78, 5) is 0. The van der Waals surface area contributed by atoms with E-state index < -0.39 is 0 Å². The molecule has 0 saturated carbocycles. The van der Waals surface area contributed by atoms with Gasteiger partial charge >= 0.3 is 16.8 Å². The second-order valence-electron chi connectivity index (χ2n) is 7.66. The van der Waals surface area contributed by atoms with Crippen LogP contribution in [0.3, 0.4) is 0 Å². The Hall–Kier alpha value is -2.81. The first kappa shape index (κ1) is 32.4. The molecule has 13 heteroatoms. The monoisotopic (exact) mass is 636 g/mol. The zero-order valence-electron chi connectivity index (χ0n) is 21.1. The largest absolute Gasteiger partial charge is 3.00 e. The Labute approximate surface area is 258 Å². The first-order valence-electron chi connectivity index (χ1n) is 11.4. The molecule has 0 aliphatic rings. The molecule has 0 saturated heterocycles. The van der Waals surface area contributed by atoms with Crippen LogP contribution >= 0.6 is 35.7 Å². The van der Waals surface area contributed by atoms with Gasteiger partial charge in [0.1, 0.15) is 5.69 Å². The van der Waals surface area contributed by atoms with Crippen molar-refractivity contribution in [2.24, 2.45) is 15.3 Å². The van der Waals surface area contributed by atoms with Gasteiger partial charge in [-0.05, 0) is 46.0 Å². The molecule has 0 unspecified atom stereocenters. The minimum atomic E-state index is 0. The van der Waals surface area contributed by atoms with Gasteiger partial charge in [0.05, 0.1) is 6.21 Å². The van der Waals surface area contributed by atoms with Gasteiger partial charge in [0.25, 0.3) is 0 Å².